The largest absolute Gasteiger partial charge is 0.493 e. The van der Waals surface area contributed by atoms with Crippen LogP contribution in [0.4, 0.5) is 0 Å². The number of rotatable bonds is 8. The van der Waals surface area contributed by atoms with E-state index in [0.717, 1.165) is 12.8 Å². The summed E-state index contributed by atoms with van der Waals surface area (Å²) in [5.41, 5.74) is 0.514. The van der Waals surface area contributed by atoms with Crippen molar-refractivity contribution in [3.63, 3.8) is 0 Å². The number of nitrogens with one attached hydrogen (secondary N) is 1. The van der Waals surface area contributed by atoms with Gasteiger partial charge in [0.05, 0.1) is 19.6 Å². The number of carbonyl (C=O) groups is 2. The standard InChI is InChI=1S/C19H27NO5/c1-3-4-11-25-16-10-7-14(12-17(16)24-2)18(21)20-15-8-5-13(6-9-15)19(22)23/h7,10,12-13,15H,3-6,8-9,11H2,1-2H3,(H,20,21)(H,22,23). The van der Waals surface area contributed by atoms with Crippen LogP contribution in [0, 0.1) is 5.92 Å². The van der Waals surface area contributed by atoms with E-state index < -0.39 is 5.97 Å². The van der Waals surface area contributed by atoms with E-state index in [1.54, 1.807) is 25.3 Å². The van der Waals surface area contributed by atoms with E-state index in [2.05, 4.69) is 12.2 Å². The van der Waals surface area contributed by atoms with Crippen LogP contribution in [0.3, 0.4) is 0 Å². The maximum atomic E-state index is 12.4. The van der Waals surface area contributed by atoms with Crippen LogP contribution in [0.15, 0.2) is 18.2 Å². The summed E-state index contributed by atoms with van der Waals surface area (Å²) in [7, 11) is 1.55. The molecule has 1 aromatic rings. The number of hydrogen-bond acceptors (Lipinski definition) is 4. The molecule has 0 bridgehead atoms. The monoisotopic (exact) mass is 349 g/mol. The fraction of sp³-hybridized carbons (Fsp3) is 0.579. The van der Waals surface area contributed by atoms with Gasteiger partial charge in [0, 0.05) is 11.6 Å². The maximum Gasteiger partial charge on any atom is 0.306 e. The molecule has 0 atom stereocenters. The van der Waals surface area contributed by atoms with Crippen molar-refractivity contribution >= 4 is 11.9 Å². The Morgan fingerprint density at radius 1 is 1.20 bits per heavy atom. The molecular formula is C19H27NO5. The molecule has 25 heavy (non-hydrogen) atoms. The van der Waals surface area contributed by atoms with Crippen LogP contribution in [-0.4, -0.2) is 36.7 Å². The van der Waals surface area contributed by atoms with E-state index in [1.165, 1.54) is 0 Å². The molecule has 0 unspecified atom stereocenters. The lowest BCUT2D eigenvalue weighted by Gasteiger charge is -2.26. The van der Waals surface area contributed by atoms with Crippen LogP contribution >= 0.6 is 0 Å². The second-order valence-electron chi connectivity index (χ2n) is 6.43. The number of carbonyl (C=O) groups excluding carboxylic acids is 1. The summed E-state index contributed by atoms with van der Waals surface area (Å²) in [6, 6.07) is 5.18. The SMILES string of the molecule is CCCCOc1ccc(C(=O)NC2CCC(C(=O)O)CC2)cc1OC. The van der Waals surface area contributed by atoms with Crippen LogP contribution in [0.1, 0.15) is 55.8 Å². The predicted molar refractivity (Wildman–Crippen MR) is 94.2 cm³/mol. The molecule has 1 aliphatic rings. The average molecular weight is 349 g/mol. The number of carboxylic acid groups (broad SMARTS) is 1. The van der Waals surface area contributed by atoms with Gasteiger partial charge in [-0.3, -0.25) is 9.59 Å². The van der Waals surface area contributed by atoms with E-state index >= 15 is 0 Å². The van der Waals surface area contributed by atoms with E-state index in [1.807, 2.05) is 0 Å². The Morgan fingerprint density at radius 2 is 1.92 bits per heavy atom. The summed E-state index contributed by atoms with van der Waals surface area (Å²) >= 11 is 0. The number of carboxylic acids is 1. The number of aliphatic carboxylic acids is 1. The Bertz CT molecular complexity index is 593. The molecule has 2 rings (SSSR count). The summed E-state index contributed by atoms with van der Waals surface area (Å²) in [6.07, 6.45) is 4.61. The minimum atomic E-state index is -0.742. The number of methoxy groups -OCH3 is 1. The van der Waals surface area contributed by atoms with Crippen molar-refractivity contribution in [1.29, 1.82) is 0 Å². The third-order valence-corrected chi connectivity index (χ3v) is 4.59. The molecule has 1 aromatic carbocycles. The molecule has 0 aliphatic heterocycles. The van der Waals surface area contributed by atoms with Gasteiger partial charge in [0.1, 0.15) is 0 Å². The Morgan fingerprint density at radius 3 is 2.52 bits per heavy atom. The van der Waals surface area contributed by atoms with E-state index in [9.17, 15) is 9.59 Å². The molecule has 1 amide bonds. The van der Waals surface area contributed by atoms with Crippen LogP contribution in [0.2, 0.25) is 0 Å². The number of amides is 1. The van der Waals surface area contributed by atoms with Crippen molar-refractivity contribution in [2.75, 3.05) is 13.7 Å². The fourth-order valence-electron chi connectivity index (χ4n) is 3.01. The molecule has 0 saturated heterocycles. The van der Waals surface area contributed by atoms with Crippen molar-refractivity contribution in [3.05, 3.63) is 23.8 Å². The molecule has 0 aromatic heterocycles. The number of unbranched alkanes of at least 4 members (excludes halogenated alkanes) is 1. The maximum absolute atomic E-state index is 12.4. The van der Waals surface area contributed by atoms with Crippen LogP contribution in [-0.2, 0) is 4.79 Å². The van der Waals surface area contributed by atoms with E-state index in [4.69, 9.17) is 14.6 Å². The average Bonchev–Trinajstić information content (AvgIpc) is 2.62. The van der Waals surface area contributed by atoms with Crippen LogP contribution < -0.4 is 14.8 Å². The van der Waals surface area contributed by atoms with Gasteiger partial charge in [0.15, 0.2) is 11.5 Å². The van der Waals surface area contributed by atoms with Crippen molar-refractivity contribution in [2.24, 2.45) is 5.92 Å². The van der Waals surface area contributed by atoms with Gasteiger partial charge < -0.3 is 19.9 Å². The highest BCUT2D eigenvalue weighted by Crippen LogP contribution is 2.29. The summed E-state index contributed by atoms with van der Waals surface area (Å²) in [6.45, 7) is 2.71. The minimum Gasteiger partial charge on any atom is -0.493 e. The summed E-state index contributed by atoms with van der Waals surface area (Å²) < 4.78 is 11.0. The molecule has 1 aliphatic carbocycles. The summed E-state index contributed by atoms with van der Waals surface area (Å²) in [5, 5.41) is 12.0. The molecule has 0 radical (unpaired) electrons. The van der Waals surface area contributed by atoms with E-state index in [0.29, 0.717) is 49.4 Å². The van der Waals surface area contributed by atoms with Gasteiger partial charge in [0.25, 0.3) is 5.91 Å². The van der Waals surface area contributed by atoms with Crippen molar-refractivity contribution in [2.45, 2.75) is 51.5 Å². The van der Waals surface area contributed by atoms with Crippen LogP contribution in [0.5, 0.6) is 11.5 Å². The molecule has 1 saturated carbocycles. The smallest absolute Gasteiger partial charge is 0.306 e. The molecule has 1 fully saturated rings. The molecule has 0 spiro atoms. The first-order valence-electron chi connectivity index (χ1n) is 8.89. The minimum absolute atomic E-state index is 0.0228. The van der Waals surface area contributed by atoms with Gasteiger partial charge in [-0.25, -0.2) is 0 Å². The van der Waals surface area contributed by atoms with Crippen molar-refractivity contribution in [3.8, 4) is 11.5 Å². The van der Waals surface area contributed by atoms with Gasteiger partial charge in [-0.2, -0.15) is 0 Å². The lowest BCUT2D eigenvalue weighted by molar-refractivity contribution is -0.142. The lowest BCUT2D eigenvalue weighted by Crippen LogP contribution is -2.38. The lowest BCUT2D eigenvalue weighted by atomic mass is 9.86. The Labute approximate surface area is 148 Å². The number of ether oxygens (including phenoxy) is 2. The van der Waals surface area contributed by atoms with E-state index in [-0.39, 0.29) is 17.9 Å². The Balaban J connectivity index is 1.94. The zero-order valence-corrected chi connectivity index (χ0v) is 14.9. The highest BCUT2D eigenvalue weighted by atomic mass is 16.5. The molecule has 138 valence electrons. The zero-order chi connectivity index (χ0) is 18.2. The van der Waals surface area contributed by atoms with Gasteiger partial charge in [-0.05, 0) is 50.3 Å². The topological polar surface area (TPSA) is 84.9 Å². The molecule has 6 heteroatoms. The van der Waals surface area contributed by atoms with Gasteiger partial charge in [-0.1, -0.05) is 13.3 Å². The van der Waals surface area contributed by atoms with Crippen molar-refractivity contribution in [1.82, 2.24) is 5.32 Å². The van der Waals surface area contributed by atoms with Gasteiger partial charge in [0.2, 0.25) is 0 Å². The van der Waals surface area contributed by atoms with Crippen LogP contribution in [0.25, 0.3) is 0 Å². The normalized spacial score (nSPS) is 19.9. The molecule has 6 nitrogen and oxygen atoms in total. The van der Waals surface area contributed by atoms with Crippen molar-refractivity contribution < 1.29 is 24.2 Å². The summed E-state index contributed by atoms with van der Waals surface area (Å²) in [4.78, 5) is 23.4. The third kappa shape index (κ3) is 5.37. The zero-order valence-electron chi connectivity index (χ0n) is 14.9. The Hall–Kier alpha value is -2.24. The first-order chi connectivity index (χ1) is 12.0. The molecule has 0 heterocycles. The highest BCUT2D eigenvalue weighted by Gasteiger charge is 2.27. The third-order valence-electron chi connectivity index (χ3n) is 4.59. The molecule has 2 N–H and O–H groups in total. The number of benzene rings is 1. The first-order valence-corrected chi connectivity index (χ1v) is 8.89. The van der Waals surface area contributed by atoms with Gasteiger partial charge in [-0.15, -0.1) is 0 Å². The quantitative estimate of drug-likeness (QED) is 0.704. The fourth-order valence-corrected chi connectivity index (χ4v) is 3.01. The second-order valence-corrected chi connectivity index (χ2v) is 6.43. The second kappa shape index (κ2) is 9.30. The van der Waals surface area contributed by atoms with Gasteiger partial charge >= 0.3 is 5.97 Å². The highest BCUT2D eigenvalue weighted by molar-refractivity contribution is 5.95. The number of hydrogen-bond donors (Lipinski definition) is 2. The predicted octanol–water partition coefficient (Wildman–Crippen LogP) is 3.25. The summed E-state index contributed by atoms with van der Waals surface area (Å²) in [5.74, 6) is -0.0223. The first kappa shape index (κ1) is 19.1. The Kier molecular flexibility index (Phi) is 7.10. The molecular weight excluding hydrogens is 322 g/mol.